The summed E-state index contributed by atoms with van der Waals surface area (Å²) in [4.78, 5) is 30.6. The van der Waals surface area contributed by atoms with Gasteiger partial charge < -0.3 is 20.0 Å². The molecule has 4 rings (SSSR count). The average molecular weight is 427 g/mol. The fraction of sp³-hybridized carbons (Fsp3) is 0.318. The van der Waals surface area contributed by atoms with Crippen LogP contribution in [0.5, 0.6) is 0 Å². The Labute approximate surface area is 179 Å². The minimum atomic E-state index is -0.286. The highest BCUT2D eigenvalue weighted by atomic mass is 35.5. The summed E-state index contributed by atoms with van der Waals surface area (Å²) >= 11 is 6.22. The van der Waals surface area contributed by atoms with Gasteiger partial charge in [0.25, 0.3) is 5.91 Å². The van der Waals surface area contributed by atoms with Crippen LogP contribution in [0.3, 0.4) is 0 Å². The Morgan fingerprint density at radius 1 is 1.30 bits per heavy atom. The molecule has 8 heteroatoms. The molecular formula is C22H23ClN4O3. The molecule has 0 bridgehead atoms. The van der Waals surface area contributed by atoms with Crippen molar-refractivity contribution in [3.63, 3.8) is 0 Å². The number of aryl methyl sites for hydroxylation is 1. The molecule has 1 aromatic carbocycles. The zero-order valence-corrected chi connectivity index (χ0v) is 17.5. The Kier molecular flexibility index (Phi) is 5.90. The first-order chi connectivity index (χ1) is 14.5. The molecule has 0 saturated carbocycles. The molecule has 1 fully saturated rings. The second-order valence-electron chi connectivity index (χ2n) is 7.37. The van der Waals surface area contributed by atoms with Gasteiger partial charge in [0.05, 0.1) is 11.6 Å². The first kappa shape index (κ1) is 20.2. The van der Waals surface area contributed by atoms with E-state index >= 15 is 0 Å². The Morgan fingerprint density at radius 3 is 2.93 bits per heavy atom. The molecule has 30 heavy (non-hydrogen) atoms. The molecular weight excluding hydrogens is 404 g/mol. The first-order valence-electron chi connectivity index (χ1n) is 9.98. The van der Waals surface area contributed by atoms with Crippen molar-refractivity contribution in [2.24, 2.45) is 0 Å². The second-order valence-corrected chi connectivity index (χ2v) is 7.78. The van der Waals surface area contributed by atoms with Crippen molar-refractivity contribution in [1.82, 2.24) is 15.2 Å². The van der Waals surface area contributed by atoms with Gasteiger partial charge in [0.2, 0.25) is 5.91 Å². The highest BCUT2D eigenvalue weighted by molar-refractivity contribution is 6.31. The summed E-state index contributed by atoms with van der Waals surface area (Å²) in [6, 6.07) is 9.06. The van der Waals surface area contributed by atoms with Crippen molar-refractivity contribution in [3.8, 4) is 0 Å². The van der Waals surface area contributed by atoms with Gasteiger partial charge >= 0.3 is 0 Å². The number of carbonyl (C=O) groups is 2. The van der Waals surface area contributed by atoms with E-state index in [1.807, 2.05) is 30.0 Å². The highest BCUT2D eigenvalue weighted by Crippen LogP contribution is 2.28. The van der Waals surface area contributed by atoms with Crippen molar-refractivity contribution < 1.29 is 14.0 Å². The molecule has 156 valence electrons. The zero-order valence-electron chi connectivity index (χ0n) is 16.7. The number of aromatic nitrogens is 1. The lowest BCUT2D eigenvalue weighted by molar-refractivity contribution is -0.127. The van der Waals surface area contributed by atoms with Crippen molar-refractivity contribution in [3.05, 3.63) is 52.9 Å². The number of anilines is 2. The summed E-state index contributed by atoms with van der Waals surface area (Å²) in [6.45, 7) is 3.87. The number of rotatable bonds is 7. The Bertz CT molecular complexity index is 1100. The van der Waals surface area contributed by atoms with E-state index < -0.39 is 0 Å². The first-order valence-corrected chi connectivity index (χ1v) is 10.4. The van der Waals surface area contributed by atoms with Gasteiger partial charge in [-0.3, -0.25) is 9.59 Å². The van der Waals surface area contributed by atoms with Gasteiger partial charge in [-0.25, -0.2) is 4.98 Å². The van der Waals surface area contributed by atoms with Gasteiger partial charge in [0.1, 0.15) is 17.1 Å². The van der Waals surface area contributed by atoms with Gasteiger partial charge in [-0.1, -0.05) is 17.7 Å². The van der Waals surface area contributed by atoms with Crippen LogP contribution in [0.2, 0.25) is 5.02 Å². The third-order valence-corrected chi connectivity index (χ3v) is 5.59. The van der Waals surface area contributed by atoms with Crippen LogP contribution in [-0.4, -0.2) is 41.3 Å². The summed E-state index contributed by atoms with van der Waals surface area (Å²) < 4.78 is 5.50. The molecule has 3 aromatic rings. The number of benzene rings is 1. The van der Waals surface area contributed by atoms with E-state index in [4.69, 9.17) is 16.0 Å². The number of nitrogens with one attached hydrogen (secondary N) is 2. The van der Waals surface area contributed by atoms with E-state index in [2.05, 4.69) is 15.6 Å². The number of carbonyl (C=O) groups excluding carboxylic acids is 2. The van der Waals surface area contributed by atoms with Crippen molar-refractivity contribution >= 4 is 45.9 Å². The lowest BCUT2D eigenvalue weighted by atomic mass is 10.2. The normalized spacial score (nSPS) is 13.8. The van der Waals surface area contributed by atoms with Crippen LogP contribution in [0.15, 0.2) is 41.0 Å². The molecule has 0 atom stereocenters. The summed E-state index contributed by atoms with van der Waals surface area (Å²) in [5.41, 5.74) is 2.58. The highest BCUT2D eigenvalue weighted by Gasteiger charge is 2.19. The fourth-order valence-electron chi connectivity index (χ4n) is 3.49. The molecule has 0 unspecified atom stereocenters. The van der Waals surface area contributed by atoms with Gasteiger partial charge in [-0.05, 0) is 43.5 Å². The molecule has 0 radical (unpaired) electrons. The zero-order chi connectivity index (χ0) is 21.1. The molecule has 2 N–H and O–H groups in total. The van der Waals surface area contributed by atoms with Gasteiger partial charge in [-0.15, -0.1) is 0 Å². The Balaban J connectivity index is 1.45. The smallest absolute Gasteiger partial charge is 0.270 e. The van der Waals surface area contributed by atoms with Crippen LogP contribution in [0, 0.1) is 6.92 Å². The monoisotopic (exact) mass is 426 g/mol. The van der Waals surface area contributed by atoms with Gasteiger partial charge in [0, 0.05) is 42.8 Å². The topological polar surface area (TPSA) is 87.5 Å². The van der Waals surface area contributed by atoms with E-state index in [1.165, 1.54) is 0 Å². The maximum Gasteiger partial charge on any atom is 0.270 e. The third kappa shape index (κ3) is 4.41. The number of likely N-dealkylation sites (tertiary alicyclic amines) is 1. The van der Waals surface area contributed by atoms with Gasteiger partial charge in [-0.2, -0.15) is 0 Å². The fourth-order valence-corrected chi connectivity index (χ4v) is 3.67. The molecule has 7 nitrogen and oxygen atoms in total. The maximum absolute atomic E-state index is 12.6. The third-order valence-electron chi connectivity index (χ3n) is 5.18. The molecule has 1 aliphatic rings. The van der Waals surface area contributed by atoms with E-state index in [0.717, 1.165) is 29.6 Å². The molecule has 2 amide bonds. The largest absolute Gasteiger partial charge is 0.464 e. The number of hydrogen-bond acceptors (Lipinski definition) is 5. The van der Waals surface area contributed by atoms with Crippen molar-refractivity contribution in [2.45, 2.75) is 26.2 Å². The van der Waals surface area contributed by atoms with Crippen LogP contribution in [0.4, 0.5) is 11.5 Å². The second kappa shape index (κ2) is 8.75. The summed E-state index contributed by atoms with van der Waals surface area (Å²) in [5, 5.41) is 7.52. The summed E-state index contributed by atoms with van der Waals surface area (Å²) in [7, 11) is 0. The lowest BCUT2D eigenvalue weighted by Gasteiger charge is -2.15. The Hall–Kier alpha value is -3.06. The van der Waals surface area contributed by atoms with Crippen molar-refractivity contribution in [1.29, 1.82) is 0 Å². The minimum Gasteiger partial charge on any atom is -0.464 e. The molecule has 0 aliphatic carbocycles. The number of halogens is 1. The summed E-state index contributed by atoms with van der Waals surface area (Å²) in [5.74, 6) is 0.429. The quantitative estimate of drug-likeness (QED) is 0.551. The van der Waals surface area contributed by atoms with Crippen LogP contribution in [-0.2, 0) is 4.79 Å². The van der Waals surface area contributed by atoms with Crippen LogP contribution < -0.4 is 10.6 Å². The van der Waals surface area contributed by atoms with Crippen LogP contribution in [0.1, 0.15) is 35.3 Å². The number of furan rings is 1. The maximum atomic E-state index is 12.6. The standard InChI is InChI=1S/C22H23ClN4O3/c1-14-5-6-15(12-17(14)23)25-21-16-7-11-30-19(16)13-18(26-21)22(29)24-8-3-10-27-9-2-4-20(27)28/h5-7,11-13H,2-4,8-10H2,1H3,(H,24,29)(H,25,26). The van der Waals surface area contributed by atoms with E-state index in [1.54, 1.807) is 18.4 Å². The number of amides is 2. The Morgan fingerprint density at radius 2 is 2.17 bits per heavy atom. The number of hydrogen-bond donors (Lipinski definition) is 2. The minimum absolute atomic E-state index is 0.193. The van der Waals surface area contributed by atoms with E-state index in [0.29, 0.717) is 42.4 Å². The molecule has 1 saturated heterocycles. The molecule has 3 heterocycles. The number of fused-ring (bicyclic) bond motifs is 1. The molecule has 0 spiro atoms. The van der Waals surface area contributed by atoms with Crippen LogP contribution in [0.25, 0.3) is 11.0 Å². The van der Waals surface area contributed by atoms with E-state index in [-0.39, 0.29) is 17.5 Å². The van der Waals surface area contributed by atoms with Crippen molar-refractivity contribution in [2.75, 3.05) is 25.0 Å². The van der Waals surface area contributed by atoms with E-state index in [9.17, 15) is 9.59 Å². The lowest BCUT2D eigenvalue weighted by Crippen LogP contribution is -2.31. The SMILES string of the molecule is Cc1ccc(Nc2nc(C(=O)NCCCN3CCCC3=O)cc3occc23)cc1Cl. The summed E-state index contributed by atoms with van der Waals surface area (Å²) in [6.07, 6.45) is 3.81. The predicted molar refractivity (Wildman–Crippen MR) is 116 cm³/mol. The average Bonchev–Trinajstić information content (AvgIpc) is 3.37. The molecule has 1 aliphatic heterocycles. The number of pyridine rings is 1. The molecule has 2 aromatic heterocycles. The van der Waals surface area contributed by atoms with Crippen LogP contribution >= 0.6 is 11.6 Å². The predicted octanol–water partition coefficient (Wildman–Crippen LogP) is 4.28. The van der Waals surface area contributed by atoms with Gasteiger partial charge in [0.15, 0.2) is 0 Å². The number of nitrogens with zero attached hydrogens (tertiary/aromatic N) is 2.